The molecule has 2 aromatic heterocycles. The lowest BCUT2D eigenvalue weighted by atomic mass is 10.2. The van der Waals surface area contributed by atoms with Crippen molar-refractivity contribution in [2.24, 2.45) is 0 Å². The van der Waals surface area contributed by atoms with Crippen molar-refractivity contribution in [2.45, 2.75) is 13.5 Å². The minimum atomic E-state index is 0.507. The SMILES string of the molecule is CCn1nnc2cc(-c3noc(-c4ccccc4)n3)ccc21. The van der Waals surface area contributed by atoms with Gasteiger partial charge in [0.25, 0.3) is 5.89 Å². The van der Waals surface area contributed by atoms with Gasteiger partial charge >= 0.3 is 0 Å². The van der Waals surface area contributed by atoms with Crippen molar-refractivity contribution >= 4 is 11.0 Å². The van der Waals surface area contributed by atoms with Crippen LogP contribution in [0.1, 0.15) is 6.92 Å². The maximum atomic E-state index is 5.34. The highest BCUT2D eigenvalue weighted by Gasteiger charge is 2.12. The molecule has 4 rings (SSSR count). The first-order valence-electron chi connectivity index (χ1n) is 7.08. The Hall–Kier alpha value is -3.02. The number of hydrogen-bond donors (Lipinski definition) is 0. The van der Waals surface area contributed by atoms with Crippen molar-refractivity contribution in [1.29, 1.82) is 0 Å². The first-order chi connectivity index (χ1) is 10.8. The zero-order valence-corrected chi connectivity index (χ0v) is 12.0. The van der Waals surface area contributed by atoms with Gasteiger partial charge in [-0.3, -0.25) is 0 Å². The van der Waals surface area contributed by atoms with Gasteiger partial charge in [-0.15, -0.1) is 5.10 Å². The highest BCUT2D eigenvalue weighted by Crippen LogP contribution is 2.24. The number of rotatable bonds is 3. The lowest BCUT2D eigenvalue weighted by Crippen LogP contribution is -1.95. The van der Waals surface area contributed by atoms with E-state index >= 15 is 0 Å². The molecule has 2 heterocycles. The monoisotopic (exact) mass is 291 g/mol. The third-order valence-corrected chi connectivity index (χ3v) is 3.52. The summed E-state index contributed by atoms with van der Waals surface area (Å²) in [6, 6.07) is 15.6. The minimum Gasteiger partial charge on any atom is -0.334 e. The predicted molar refractivity (Wildman–Crippen MR) is 81.9 cm³/mol. The Balaban J connectivity index is 1.75. The summed E-state index contributed by atoms with van der Waals surface area (Å²) in [6.45, 7) is 2.82. The molecule has 22 heavy (non-hydrogen) atoms. The molecule has 0 spiro atoms. The van der Waals surface area contributed by atoms with Gasteiger partial charge in [0.05, 0.1) is 5.52 Å². The minimum absolute atomic E-state index is 0.507. The fourth-order valence-corrected chi connectivity index (χ4v) is 2.38. The third kappa shape index (κ3) is 2.05. The molecular weight excluding hydrogens is 278 g/mol. The van der Waals surface area contributed by atoms with E-state index in [0.29, 0.717) is 11.7 Å². The van der Waals surface area contributed by atoms with E-state index in [9.17, 15) is 0 Å². The van der Waals surface area contributed by atoms with E-state index in [4.69, 9.17) is 4.52 Å². The van der Waals surface area contributed by atoms with Crippen molar-refractivity contribution in [3.63, 3.8) is 0 Å². The van der Waals surface area contributed by atoms with Crippen LogP contribution < -0.4 is 0 Å². The third-order valence-electron chi connectivity index (χ3n) is 3.52. The molecule has 2 aromatic carbocycles. The molecule has 6 nitrogen and oxygen atoms in total. The second kappa shape index (κ2) is 5.07. The quantitative estimate of drug-likeness (QED) is 0.580. The molecule has 0 fully saturated rings. The highest BCUT2D eigenvalue weighted by atomic mass is 16.5. The van der Waals surface area contributed by atoms with Gasteiger partial charge in [-0.1, -0.05) is 28.6 Å². The van der Waals surface area contributed by atoms with Gasteiger partial charge in [-0.05, 0) is 37.3 Å². The van der Waals surface area contributed by atoms with Gasteiger partial charge in [-0.25, -0.2) is 4.68 Å². The first-order valence-corrected chi connectivity index (χ1v) is 7.08. The lowest BCUT2D eigenvalue weighted by molar-refractivity contribution is 0.432. The summed E-state index contributed by atoms with van der Waals surface area (Å²) in [5.41, 5.74) is 3.59. The standard InChI is InChI=1S/C16H13N5O/c1-2-21-14-9-8-12(10-13(14)18-20-21)15-17-16(22-19-15)11-6-4-3-5-7-11/h3-10H,2H2,1H3. The number of benzene rings is 2. The largest absolute Gasteiger partial charge is 0.334 e. The highest BCUT2D eigenvalue weighted by molar-refractivity contribution is 5.80. The summed E-state index contributed by atoms with van der Waals surface area (Å²) in [7, 11) is 0. The molecule has 0 aliphatic carbocycles. The van der Waals surface area contributed by atoms with Crippen LogP contribution in [0.15, 0.2) is 53.1 Å². The summed E-state index contributed by atoms with van der Waals surface area (Å²) >= 11 is 0. The number of hydrogen-bond acceptors (Lipinski definition) is 5. The van der Waals surface area contributed by atoms with Gasteiger partial charge in [0.1, 0.15) is 5.52 Å². The van der Waals surface area contributed by atoms with Crippen molar-refractivity contribution in [1.82, 2.24) is 25.1 Å². The maximum absolute atomic E-state index is 5.34. The predicted octanol–water partition coefficient (Wildman–Crippen LogP) is 3.17. The van der Waals surface area contributed by atoms with Crippen LogP contribution in [0.2, 0.25) is 0 Å². The van der Waals surface area contributed by atoms with Crippen LogP contribution in [-0.2, 0) is 6.54 Å². The molecule has 0 amide bonds. The molecule has 0 aliphatic heterocycles. The van der Waals surface area contributed by atoms with Gasteiger partial charge in [0, 0.05) is 17.7 Å². The zero-order chi connectivity index (χ0) is 14.9. The molecule has 0 saturated carbocycles. The molecular formula is C16H13N5O. The average molecular weight is 291 g/mol. The molecule has 0 atom stereocenters. The van der Waals surface area contributed by atoms with Crippen LogP contribution in [-0.4, -0.2) is 25.1 Å². The maximum Gasteiger partial charge on any atom is 0.258 e. The Labute approximate surface area is 126 Å². The van der Waals surface area contributed by atoms with E-state index in [1.807, 2.05) is 60.1 Å². The van der Waals surface area contributed by atoms with Crippen LogP contribution in [0.25, 0.3) is 33.9 Å². The Morgan fingerprint density at radius 3 is 2.73 bits per heavy atom. The average Bonchev–Trinajstić information content (AvgIpc) is 3.22. The van der Waals surface area contributed by atoms with E-state index < -0.39 is 0 Å². The second-order valence-corrected chi connectivity index (χ2v) is 4.90. The van der Waals surface area contributed by atoms with Crippen LogP contribution >= 0.6 is 0 Å². The van der Waals surface area contributed by atoms with E-state index in [1.54, 1.807) is 0 Å². The van der Waals surface area contributed by atoms with Crippen molar-refractivity contribution < 1.29 is 4.52 Å². The van der Waals surface area contributed by atoms with Gasteiger partial charge in [-0.2, -0.15) is 4.98 Å². The Morgan fingerprint density at radius 2 is 1.91 bits per heavy atom. The molecule has 6 heteroatoms. The molecule has 0 saturated heterocycles. The lowest BCUT2D eigenvalue weighted by Gasteiger charge is -1.97. The van der Waals surface area contributed by atoms with Gasteiger partial charge in [0.15, 0.2) is 0 Å². The molecule has 0 N–H and O–H groups in total. The smallest absolute Gasteiger partial charge is 0.258 e. The molecule has 0 bridgehead atoms. The first kappa shape index (κ1) is 12.7. The fraction of sp³-hybridized carbons (Fsp3) is 0.125. The number of aromatic nitrogens is 5. The summed E-state index contributed by atoms with van der Waals surface area (Å²) in [5.74, 6) is 1.06. The Kier molecular flexibility index (Phi) is 2.93. The Bertz CT molecular complexity index is 926. The van der Waals surface area contributed by atoms with E-state index in [1.165, 1.54) is 0 Å². The van der Waals surface area contributed by atoms with E-state index in [0.717, 1.165) is 28.7 Å². The summed E-state index contributed by atoms with van der Waals surface area (Å²) < 4.78 is 7.19. The molecule has 108 valence electrons. The van der Waals surface area contributed by atoms with Crippen molar-refractivity contribution in [3.8, 4) is 22.8 Å². The summed E-state index contributed by atoms with van der Waals surface area (Å²) in [6.07, 6.45) is 0. The van der Waals surface area contributed by atoms with Crippen LogP contribution in [0.4, 0.5) is 0 Å². The second-order valence-electron chi connectivity index (χ2n) is 4.90. The van der Waals surface area contributed by atoms with Gasteiger partial charge in [0.2, 0.25) is 5.82 Å². The van der Waals surface area contributed by atoms with Gasteiger partial charge < -0.3 is 4.52 Å². The zero-order valence-electron chi connectivity index (χ0n) is 12.0. The van der Waals surface area contributed by atoms with Crippen molar-refractivity contribution in [2.75, 3.05) is 0 Å². The van der Waals surface area contributed by atoms with Crippen LogP contribution in [0.5, 0.6) is 0 Å². The fourth-order valence-electron chi connectivity index (χ4n) is 2.38. The van der Waals surface area contributed by atoms with E-state index in [-0.39, 0.29) is 0 Å². The Morgan fingerprint density at radius 1 is 1.05 bits per heavy atom. The number of fused-ring (bicyclic) bond motifs is 1. The van der Waals surface area contributed by atoms with Crippen LogP contribution in [0.3, 0.4) is 0 Å². The normalized spacial score (nSPS) is 11.1. The number of aryl methyl sites for hydroxylation is 1. The summed E-state index contributed by atoms with van der Waals surface area (Å²) in [4.78, 5) is 4.45. The number of nitrogens with zero attached hydrogens (tertiary/aromatic N) is 5. The topological polar surface area (TPSA) is 69.6 Å². The molecule has 4 aromatic rings. The van der Waals surface area contributed by atoms with Crippen LogP contribution in [0, 0.1) is 0 Å². The molecule has 0 radical (unpaired) electrons. The summed E-state index contributed by atoms with van der Waals surface area (Å²) in [5, 5.41) is 12.3. The van der Waals surface area contributed by atoms with Crippen molar-refractivity contribution in [3.05, 3.63) is 48.5 Å². The molecule has 0 aliphatic rings. The molecule has 0 unspecified atom stereocenters. The van der Waals surface area contributed by atoms with E-state index in [2.05, 4.69) is 20.5 Å².